The van der Waals surface area contributed by atoms with E-state index in [1.54, 1.807) is 0 Å². The monoisotopic (exact) mass is 353 g/mol. The molecular formula is C24H23N3. The van der Waals surface area contributed by atoms with Gasteiger partial charge in [0.25, 0.3) is 0 Å². The van der Waals surface area contributed by atoms with Gasteiger partial charge in [0.15, 0.2) is 0 Å². The lowest BCUT2D eigenvalue weighted by Crippen LogP contribution is -2.07. The predicted octanol–water partition coefficient (Wildman–Crippen LogP) is 6.36. The van der Waals surface area contributed by atoms with Gasteiger partial charge < -0.3 is 4.90 Å². The largest absolute Gasteiger partial charge is 0.378 e. The van der Waals surface area contributed by atoms with E-state index in [0.717, 1.165) is 12.1 Å². The van der Waals surface area contributed by atoms with Crippen molar-refractivity contribution in [2.24, 2.45) is 10.2 Å². The smallest absolute Gasteiger partial charge is 0.0865 e. The molecule has 3 nitrogen and oxygen atoms in total. The number of likely N-dealkylation sites (N-methyl/N-ethyl adjacent to an activating group) is 1. The summed E-state index contributed by atoms with van der Waals surface area (Å²) in [5, 5.41) is 11.4. The quantitative estimate of drug-likeness (QED) is 0.491. The highest BCUT2D eigenvalue weighted by Gasteiger charge is 2.15. The van der Waals surface area contributed by atoms with E-state index in [1.165, 1.54) is 33.2 Å². The van der Waals surface area contributed by atoms with Crippen molar-refractivity contribution in [2.75, 3.05) is 14.1 Å². The van der Waals surface area contributed by atoms with Gasteiger partial charge in [-0.2, -0.15) is 10.2 Å². The molecule has 0 fully saturated rings. The van der Waals surface area contributed by atoms with Crippen LogP contribution in [-0.4, -0.2) is 19.0 Å². The van der Waals surface area contributed by atoms with Gasteiger partial charge in [-0.25, -0.2) is 0 Å². The summed E-state index contributed by atoms with van der Waals surface area (Å²) in [6.45, 7) is 0.570. The summed E-state index contributed by atoms with van der Waals surface area (Å²) in [6, 6.07) is 22.8. The van der Waals surface area contributed by atoms with E-state index in [2.05, 4.69) is 77.8 Å². The first kappa shape index (κ1) is 17.2. The summed E-state index contributed by atoms with van der Waals surface area (Å²) < 4.78 is 0. The zero-order chi connectivity index (χ0) is 18.6. The lowest BCUT2D eigenvalue weighted by molar-refractivity contribution is 0.531. The molecule has 0 aromatic heterocycles. The van der Waals surface area contributed by atoms with Gasteiger partial charge in [0.05, 0.1) is 12.2 Å². The fourth-order valence-electron chi connectivity index (χ4n) is 3.50. The third-order valence-electron chi connectivity index (χ3n) is 4.93. The van der Waals surface area contributed by atoms with Crippen molar-refractivity contribution >= 4 is 22.0 Å². The molecular weight excluding hydrogens is 330 g/mol. The molecule has 134 valence electrons. The first-order valence-electron chi connectivity index (χ1n) is 9.24. The van der Waals surface area contributed by atoms with Gasteiger partial charge >= 0.3 is 0 Å². The van der Waals surface area contributed by atoms with E-state index in [1.807, 2.05) is 30.3 Å². The maximum Gasteiger partial charge on any atom is 0.0865 e. The van der Waals surface area contributed by atoms with Crippen LogP contribution in [0.25, 0.3) is 16.3 Å². The van der Waals surface area contributed by atoms with Crippen LogP contribution in [0.3, 0.4) is 0 Å². The molecule has 0 bridgehead atoms. The average molecular weight is 353 g/mol. The number of nitrogens with zero attached hydrogens (tertiary/aromatic N) is 3. The Morgan fingerprint density at radius 2 is 1.67 bits per heavy atom. The van der Waals surface area contributed by atoms with Crippen LogP contribution in [-0.2, 0) is 6.54 Å². The third kappa shape index (κ3) is 3.68. The third-order valence-corrected chi connectivity index (χ3v) is 4.93. The van der Waals surface area contributed by atoms with Gasteiger partial charge in [0.1, 0.15) is 0 Å². The van der Waals surface area contributed by atoms with Gasteiger partial charge in [-0.15, -0.1) is 0 Å². The Morgan fingerprint density at radius 3 is 2.44 bits per heavy atom. The molecule has 3 aromatic carbocycles. The van der Waals surface area contributed by atoms with Crippen LogP contribution < -0.4 is 0 Å². The Labute approximate surface area is 160 Å². The van der Waals surface area contributed by atoms with Crippen LogP contribution in [0.2, 0.25) is 0 Å². The minimum atomic E-state index is 0.570. The molecule has 0 aliphatic heterocycles. The van der Waals surface area contributed by atoms with E-state index < -0.39 is 0 Å². The van der Waals surface area contributed by atoms with Crippen molar-refractivity contribution < 1.29 is 0 Å². The SMILES string of the molecule is CN(C)C1=CCC(c2ccc3ccccc3c2CN=Nc2ccccc2)=C1. The predicted molar refractivity (Wildman–Crippen MR) is 113 cm³/mol. The second kappa shape index (κ2) is 7.58. The second-order valence-electron chi connectivity index (χ2n) is 6.95. The van der Waals surface area contributed by atoms with Crippen LogP contribution in [0.15, 0.2) is 94.8 Å². The Hall–Kier alpha value is -3.20. The highest BCUT2D eigenvalue weighted by Crippen LogP contribution is 2.34. The highest BCUT2D eigenvalue weighted by molar-refractivity contribution is 5.91. The molecule has 1 aliphatic rings. The van der Waals surface area contributed by atoms with Gasteiger partial charge in [0.2, 0.25) is 0 Å². The van der Waals surface area contributed by atoms with Crippen LogP contribution >= 0.6 is 0 Å². The molecule has 0 amide bonds. The summed E-state index contributed by atoms with van der Waals surface area (Å²) >= 11 is 0. The lowest BCUT2D eigenvalue weighted by atomic mass is 9.93. The second-order valence-corrected chi connectivity index (χ2v) is 6.95. The minimum Gasteiger partial charge on any atom is -0.378 e. The van der Waals surface area contributed by atoms with E-state index >= 15 is 0 Å². The van der Waals surface area contributed by atoms with Crippen molar-refractivity contribution in [1.29, 1.82) is 0 Å². The Kier molecular flexibility index (Phi) is 4.84. The zero-order valence-corrected chi connectivity index (χ0v) is 15.8. The molecule has 4 rings (SSSR count). The number of azo groups is 1. The molecule has 27 heavy (non-hydrogen) atoms. The molecule has 1 aliphatic carbocycles. The first-order valence-corrected chi connectivity index (χ1v) is 9.24. The lowest BCUT2D eigenvalue weighted by Gasteiger charge is -2.13. The fraction of sp³-hybridized carbons (Fsp3) is 0.167. The Morgan fingerprint density at radius 1 is 0.889 bits per heavy atom. The van der Waals surface area contributed by atoms with E-state index in [9.17, 15) is 0 Å². The van der Waals surface area contributed by atoms with Gasteiger partial charge in [-0.3, -0.25) is 0 Å². The fourth-order valence-corrected chi connectivity index (χ4v) is 3.50. The normalized spacial score (nSPS) is 13.9. The number of benzene rings is 3. The standard InChI is InChI=1S/C24H23N3/c1-27(2)21-14-12-19(16-21)23-15-13-18-8-6-7-11-22(18)24(23)17-25-26-20-9-4-3-5-10-20/h3-11,13-16H,12,17H2,1-2H3. The number of allylic oxidation sites excluding steroid dienone is 3. The molecule has 0 saturated carbocycles. The van der Waals surface area contributed by atoms with E-state index in [4.69, 9.17) is 0 Å². The number of hydrogen-bond acceptors (Lipinski definition) is 3. The van der Waals surface area contributed by atoms with Crippen LogP contribution in [0.5, 0.6) is 0 Å². The maximum atomic E-state index is 4.52. The number of fused-ring (bicyclic) bond motifs is 1. The van der Waals surface area contributed by atoms with Crippen LogP contribution in [0.1, 0.15) is 17.5 Å². The molecule has 0 unspecified atom stereocenters. The van der Waals surface area contributed by atoms with Crippen molar-refractivity contribution in [3.63, 3.8) is 0 Å². The summed E-state index contributed by atoms with van der Waals surface area (Å²) in [7, 11) is 4.17. The summed E-state index contributed by atoms with van der Waals surface area (Å²) in [6.07, 6.45) is 5.51. The van der Waals surface area contributed by atoms with Crippen molar-refractivity contribution in [1.82, 2.24) is 4.90 Å². The minimum absolute atomic E-state index is 0.570. The van der Waals surface area contributed by atoms with Crippen LogP contribution in [0, 0.1) is 0 Å². The van der Waals surface area contributed by atoms with Gasteiger partial charge in [-0.05, 0) is 52.1 Å². The maximum absolute atomic E-state index is 4.52. The van der Waals surface area contributed by atoms with Crippen molar-refractivity contribution in [3.8, 4) is 0 Å². The molecule has 0 spiro atoms. The van der Waals surface area contributed by atoms with Gasteiger partial charge in [-0.1, -0.05) is 60.7 Å². The average Bonchev–Trinajstić information content (AvgIpc) is 3.19. The Balaban J connectivity index is 1.73. The molecule has 0 saturated heterocycles. The molecule has 0 N–H and O–H groups in total. The van der Waals surface area contributed by atoms with Crippen LogP contribution in [0.4, 0.5) is 5.69 Å². The Bertz CT molecular complexity index is 1040. The molecule has 0 radical (unpaired) electrons. The van der Waals surface area contributed by atoms with Crippen molar-refractivity contribution in [2.45, 2.75) is 13.0 Å². The number of rotatable bonds is 5. The van der Waals surface area contributed by atoms with Gasteiger partial charge in [0, 0.05) is 19.8 Å². The molecule has 0 atom stereocenters. The molecule has 3 aromatic rings. The van der Waals surface area contributed by atoms with Crippen molar-refractivity contribution in [3.05, 3.63) is 95.7 Å². The summed E-state index contributed by atoms with van der Waals surface area (Å²) in [5.74, 6) is 0. The first-order chi connectivity index (χ1) is 13.2. The summed E-state index contributed by atoms with van der Waals surface area (Å²) in [4.78, 5) is 2.16. The highest BCUT2D eigenvalue weighted by atomic mass is 15.1. The number of hydrogen-bond donors (Lipinski definition) is 0. The zero-order valence-electron chi connectivity index (χ0n) is 15.8. The van der Waals surface area contributed by atoms with E-state index in [0.29, 0.717) is 6.54 Å². The molecule has 3 heteroatoms. The molecule has 0 heterocycles. The summed E-state index contributed by atoms with van der Waals surface area (Å²) in [5.41, 5.74) is 6.00. The topological polar surface area (TPSA) is 28.0 Å². The van der Waals surface area contributed by atoms with E-state index in [-0.39, 0.29) is 0 Å².